The van der Waals surface area contributed by atoms with Gasteiger partial charge in [-0.1, -0.05) is 20.8 Å². The van der Waals surface area contributed by atoms with Crippen molar-refractivity contribution in [1.29, 1.82) is 0 Å². The van der Waals surface area contributed by atoms with Crippen LogP contribution < -0.4 is 10.6 Å². The van der Waals surface area contributed by atoms with Crippen molar-refractivity contribution in [2.24, 2.45) is 0 Å². The van der Waals surface area contributed by atoms with Gasteiger partial charge < -0.3 is 10.6 Å². The van der Waals surface area contributed by atoms with E-state index in [1.165, 1.54) is 17.9 Å². The van der Waals surface area contributed by atoms with Crippen LogP contribution in [-0.2, 0) is 5.41 Å². The quantitative estimate of drug-likeness (QED) is 0.891. The summed E-state index contributed by atoms with van der Waals surface area (Å²) in [5.74, 6) is 5.26. The summed E-state index contributed by atoms with van der Waals surface area (Å²) < 4.78 is 0. The van der Waals surface area contributed by atoms with Gasteiger partial charge in [-0.3, -0.25) is 0 Å². The monoisotopic (exact) mass is 294 g/mol. The molecule has 0 bridgehead atoms. The van der Waals surface area contributed by atoms with E-state index >= 15 is 0 Å². The second-order valence-electron chi connectivity index (χ2n) is 6.35. The first-order chi connectivity index (χ1) is 9.41. The maximum atomic E-state index is 4.78. The SMILES string of the molecule is CCNc1nc(C(C)(C)C)nc(NC2CCSC2)c1C. The van der Waals surface area contributed by atoms with E-state index < -0.39 is 0 Å². The van der Waals surface area contributed by atoms with Gasteiger partial charge in [0.1, 0.15) is 17.5 Å². The summed E-state index contributed by atoms with van der Waals surface area (Å²) in [6.45, 7) is 11.5. The van der Waals surface area contributed by atoms with Gasteiger partial charge in [-0.15, -0.1) is 0 Å². The summed E-state index contributed by atoms with van der Waals surface area (Å²) in [6, 6.07) is 0.538. The molecule has 112 valence electrons. The molecular formula is C15H26N4S. The van der Waals surface area contributed by atoms with Crippen molar-refractivity contribution in [2.75, 3.05) is 28.7 Å². The lowest BCUT2D eigenvalue weighted by Gasteiger charge is -2.22. The van der Waals surface area contributed by atoms with Crippen LogP contribution in [0.1, 0.15) is 45.5 Å². The van der Waals surface area contributed by atoms with Crippen LogP contribution in [0.3, 0.4) is 0 Å². The number of nitrogens with one attached hydrogen (secondary N) is 2. The highest BCUT2D eigenvalue weighted by atomic mass is 32.2. The molecule has 1 atom stereocenters. The Hall–Kier alpha value is -0.970. The molecule has 5 heteroatoms. The average molecular weight is 294 g/mol. The van der Waals surface area contributed by atoms with Crippen LogP contribution in [0.15, 0.2) is 0 Å². The predicted octanol–water partition coefficient (Wildman–Crippen LogP) is 3.43. The molecule has 20 heavy (non-hydrogen) atoms. The molecule has 0 aliphatic carbocycles. The average Bonchev–Trinajstić information content (AvgIpc) is 2.86. The number of hydrogen-bond donors (Lipinski definition) is 2. The van der Waals surface area contributed by atoms with E-state index in [2.05, 4.69) is 45.3 Å². The smallest absolute Gasteiger partial charge is 0.138 e. The van der Waals surface area contributed by atoms with E-state index in [0.29, 0.717) is 6.04 Å². The highest BCUT2D eigenvalue weighted by molar-refractivity contribution is 7.99. The highest BCUT2D eigenvalue weighted by Crippen LogP contribution is 2.28. The van der Waals surface area contributed by atoms with E-state index in [1.807, 2.05) is 11.8 Å². The van der Waals surface area contributed by atoms with E-state index in [0.717, 1.165) is 29.6 Å². The summed E-state index contributed by atoms with van der Waals surface area (Å²) in [4.78, 5) is 9.48. The molecule has 1 saturated heterocycles. The molecule has 0 amide bonds. The Labute approximate surface area is 126 Å². The molecule has 2 N–H and O–H groups in total. The summed E-state index contributed by atoms with van der Waals surface area (Å²) in [5.41, 5.74) is 1.08. The highest BCUT2D eigenvalue weighted by Gasteiger charge is 2.23. The number of hydrogen-bond acceptors (Lipinski definition) is 5. The van der Waals surface area contributed by atoms with Crippen LogP contribution in [0, 0.1) is 6.92 Å². The Kier molecular flexibility index (Phi) is 4.78. The minimum Gasteiger partial charge on any atom is -0.370 e. The zero-order chi connectivity index (χ0) is 14.8. The number of nitrogens with zero attached hydrogens (tertiary/aromatic N) is 2. The minimum absolute atomic E-state index is 0.0429. The van der Waals surface area contributed by atoms with Crippen LogP contribution in [-0.4, -0.2) is 34.1 Å². The largest absolute Gasteiger partial charge is 0.370 e. The summed E-state index contributed by atoms with van der Waals surface area (Å²) >= 11 is 2.01. The Morgan fingerprint density at radius 1 is 1.25 bits per heavy atom. The van der Waals surface area contributed by atoms with Crippen molar-refractivity contribution in [1.82, 2.24) is 9.97 Å². The number of aromatic nitrogens is 2. The molecule has 4 nitrogen and oxygen atoms in total. The minimum atomic E-state index is -0.0429. The molecule has 0 radical (unpaired) electrons. The Bertz CT molecular complexity index is 462. The molecule has 2 rings (SSSR count). The van der Waals surface area contributed by atoms with Gasteiger partial charge in [-0.2, -0.15) is 11.8 Å². The lowest BCUT2D eigenvalue weighted by Crippen LogP contribution is -2.24. The third kappa shape index (κ3) is 3.57. The fourth-order valence-electron chi connectivity index (χ4n) is 2.17. The Morgan fingerprint density at radius 3 is 2.50 bits per heavy atom. The van der Waals surface area contributed by atoms with Crippen molar-refractivity contribution in [3.05, 3.63) is 11.4 Å². The van der Waals surface area contributed by atoms with Crippen molar-refractivity contribution < 1.29 is 0 Å². The molecule has 1 aliphatic heterocycles. The first-order valence-corrected chi connectivity index (χ1v) is 8.54. The Morgan fingerprint density at radius 2 is 1.95 bits per heavy atom. The van der Waals surface area contributed by atoms with Crippen molar-refractivity contribution >= 4 is 23.4 Å². The van der Waals surface area contributed by atoms with Gasteiger partial charge in [-0.25, -0.2) is 9.97 Å². The van der Waals surface area contributed by atoms with Gasteiger partial charge >= 0.3 is 0 Å². The summed E-state index contributed by atoms with van der Waals surface area (Å²) in [6.07, 6.45) is 1.22. The fraction of sp³-hybridized carbons (Fsp3) is 0.733. The maximum absolute atomic E-state index is 4.78. The van der Waals surface area contributed by atoms with Gasteiger partial charge in [0.15, 0.2) is 0 Å². The maximum Gasteiger partial charge on any atom is 0.138 e. The zero-order valence-electron chi connectivity index (χ0n) is 13.2. The lowest BCUT2D eigenvalue weighted by atomic mass is 9.95. The van der Waals surface area contributed by atoms with E-state index in [4.69, 9.17) is 9.97 Å². The van der Waals surface area contributed by atoms with E-state index in [-0.39, 0.29) is 5.41 Å². The molecule has 1 aromatic rings. The Balaban J connectivity index is 2.34. The zero-order valence-corrected chi connectivity index (χ0v) is 14.0. The third-order valence-electron chi connectivity index (χ3n) is 3.43. The predicted molar refractivity (Wildman–Crippen MR) is 89.0 cm³/mol. The van der Waals surface area contributed by atoms with Gasteiger partial charge in [0.25, 0.3) is 0 Å². The lowest BCUT2D eigenvalue weighted by molar-refractivity contribution is 0.545. The molecule has 0 aromatic carbocycles. The van der Waals surface area contributed by atoms with Crippen LogP contribution in [0.5, 0.6) is 0 Å². The van der Waals surface area contributed by atoms with Crippen LogP contribution >= 0.6 is 11.8 Å². The van der Waals surface area contributed by atoms with Crippen LogP contribution in [0.4, 0.5) is 11.6 Å². The summed E-state index contributed by atoms with van der Waals surface area (Å²) in [5, 5.41) is 6.97. The molecule has 0 spiro atoms. The normalized spacial score (nSPS) is 19.1. The van der Waals surface area contributed by atoms with Gasteiger partial charge in [0.2, 0.25) is 0 Å². The van der Waals surface area contributed by atoms with E-state index in [1.54, 1.807) is 0 Å². The number of thioether (sulfide) groups is 1. The van der Waals surface area contributed by atoms with Crippen molar-refractivity contribution in [2.45, 2.75) is 52.5 Å². The van der Waals surface area contributed by atoms with Crippen molar-refractivity contribution in [3.63, 3.8) is 0 Å². The number of anilines is 2. The van der Waals surface area contributed by atoms with Crippen LogP contribution in [0.25, 0.3) is 0 Å². The first kappa shape index (κ1) is 15.4. The second kappa shape index (κ2) is 6.20. The van der Waals surface area contributed by atoms with Crippen LogP contribution in [0.2, 0.25) is 0 Å². The molecule has 0 saturated carbocycles. The van der Waals surface area contributed by atoms with E-state index in [9.17, 15) is 0 Å². The molecule has 1 fully saturated rings. The molecule has 2 heterocycles. The third-order valence-corrected chi connectivity index (χ3v) is 4.59. The van der Waals surface area contributed by atoms with Gasteiger partial charge in [0, 0.05) is 29.3 Å². The molecule has 1 aromatic heterocycles. The van der Waals surface area contributed by atoms with Gasteiger partial charge in [-0.05, 0) is 26.0 Å². The molecular weight excluding hydrogens is 268 g/mol. The standard InChI is InChI=1S/C15H26N4S/c1-6-16-12-10(2)13(17-11-7-8-20-9-11)19-14(18-12)15(3,4)5/h11H,6-9H2,1-5H3,(H2,16,17,18,19). The van der Waals surface area contributed by atoms with Crippen molar-refractivity contribution in [3.8, 4) is 0 Å². The molecule has 1 unspecified atom stereocenters. The second-order valence-corrected chi connectivity index (χ2v) is 7.50. The fourth-order valence-corrected chi connectivity index (χ4v) is 3.33. The topological polar surface area (TPSA) is 49.8 Å². The van der Waals surface area contributed by atoms with Gasteiger partial charge in [0.05, 0.1) is 0 Å². The number of rotatable bonds is 4. The molecule has 1 aliphatic rings. The first-order valence-electron chi connectivity index (χ1n) is 7.39. The summed E-state index contributed by atoms with van der Waals surface area (Å²) in [7, 11) is 0.